The van der Waals surface area contributed by atoms with Crippen LogP contribution >= 0.6 is 0 Å². The molecule has 0 fully saturated rings. The zero-order chi connectivity index (χ0) is 18.4. The lowest BCUT2D eigenvalue weighted by atomic mass is 9.79. The minimum Gasteiger partial charge on any atom is -0.289 e. The third-order valence-electron chi connectivity index (χ3n) is 5.28. The molecule has 0 spiro atoms. The van der Waals surface area contributed by atoms with E-state index in [1.807, 2.05) is 60.7 Å². The van der Waals surface area contributed by atoms with Gasteiger partial charge in [-0.2, -0.15) is 5.26 Å². The molecule has 0 bridgehead atoms. The molecule has 1 aliphatic rings. The maximum absolute atomic E-state index is 13.0. The highest BCUT2D eigenvalue weighted by Crippen LogP contribution is 2.42. The topological polar surface area (TPSA) is 40.9 Å². The molecule has 2 nitrogen and oxygen atoms in total. The first-order chi connectivity index (χ1) is 13.3. The molecule has 0 atom stereocenters. The van der Waals surface area contributed by atoms with E-state index in [1.165, 1.54) is 0 Å². The Balaban J connectivity index is 1.88. The van der Waals surface area contributed by atoms with E-state index >= 15 is 0 Å². The molecule has 2 heteroatoms. The minimum absolute atomic E-state index is 0.0309. The van der Waals surface area contributed by atoms with Crippen molar-refractivity contribution < 1.29 is 4.79 Å². The average molecular weight is 345 g/mol. The van der Waals surface area contributed by atoms with Crippen LogP contribution in [0, 0.1) is 11.3 Å². The van der Waals surface area contributed by atoms with Gasteiger partial charge >= 0.3 is 0 Å². The first-order valence-corrected chi connectivity index (χ1v) is 8.94. The smallest absolute Gasteiger partial charge is 0.194 e. The molecule has 0 unspecified atom stereocenters. The molecule has 0 radical (unpaired) electrons. The van der Waals surface area contributed by atoms with Gasteiger partial charge in [0, 0.05) is 22.1 Å². The van der Waals surface area contributed by atoms with Crippen LogP contribution in [0.15, 0.2) is 78.9 Å². The predicted octanol–water partition coefficient (Wildman–Crippen LogP) is 5.51. The fourth-order valence-corrected chi connectivity index (χ4v) is 4.10. The van der Waals surface area contributed by atoms with Gasteiger partial charge in [0.25, 0.3) is 0 Å². The standard InChI is InChI=1S/C25H15NO/c26-15-22-18(13-16-7-2-1-3-8-16)14-17-9-6-12-21-23(17)24(22)19-10-4-5-11-20(19)25(21)27/h1-12,14H,13H2. The molecule has 0 heterocycles. The van der Waals surface area contributed by atoms with Crippen molar-refractivity contribution in [3.63, 3.8) is 0 Å². The molecule has 0 aromatic heterocycles. The van der Waals surface area contributed by atoms with Crippen molar-refractivity contribution in [2.75, 3.05) is 0 Å². The van der Waals surface area contributed by atoms with Gasteiger partial charge in [0.15, 0.2) is 5.78 Å². The van der Waals surface area contributed by atoms with Gasteiger partial charge in [-0.15, -0.1) is 0 Å². The first-order valence-electron chi connectivity index (χ1n) is 8.94. The van der Waals surface area contributed by atoms with Crippen molar-refractivity contribution in [1.82, 2.24) is 0 Å². The van der Waals surface area contributed by atoms with Crippen molar-refractivity contribution in [1.29, 1.82) is 5.26 Å². The quantitative estimate of drug-likeness (QED) is 0.423. The van der Waals surface area contributed by atoms with Gasteiger partial charge in [0.1, 0.15) is 6.07 Å². The number of nitrogens with zero attached hydrogens (tertiary/aromatic N) is 1. The van der Waals surface area contributed by atoms with E-state index in [0.29, 0.717) is 23.1 Å². The average Bonchev–Trinajstić information content (AvgIpc) is 2.72. The molecule has 0 amide bonds. The summed E-state index contributed by atoms with van der Waals surface area (Å²) >= 11 is 0. The monoisotopic (exact) mass is 345 g/mol. The van der Waals surface area contributed by atoms with E-state index in [0.717, 1.165) is 33.0 Å². The van der Waals surface area contributed by atoms with Crippen LogP contribution < -0.4 is 0 Å². The Hall–Kier alpha value is -3.70. The molecule has 4 aromatic carbocycles. The summed E-state index contributed by atoms with van der Waals surface area (Å²) in [6, 6.07) is 28.1. The summed E-state index contributed by atoms with van der Waals surface area (Å²) in [7, 11) is 0. The lowest BCUT2D eigenvalue weighted by Gasteiger charge is -2.22. The highest BCUT2D eigenvalue weighted by Gasteiger charge is 2.28. The van der Waals surface area contributed by atoms with Crippen LogP contribution in [-0.2, 0) is 6.42 Å². The summed E-state index contributed by atoms with van der Waals surface area (Å²) in [5.74, 6) is 0.0309. The molecule has 0 saturated heterocycles. The summed E-state index contributed by atoms with van der Waals surface area (Å²) in [6.45, 7) is 0. The number of hydrogen-bond acceptors (Lipinski definition) is 2. The summed E-state index contributed by atoms with van der Waals surface area (Å²) in [6.07, 6.45) is 0.688. The molecule has 27 heavy (non-hydrogen) atoms. The number of carbonyl (C=O) groups is 1. The van der Waals surface area contributed by atoms with Crippen LogP contribution in [-0.4, -0.2) is 5.78 Å². The van der Waals surface area contributed by atoms with Gasteiger partial charge in [-0.1, -0.05) is 72.8 Å². The molecule has 1 aliphatic carbocycles. The Morgan fingerprint density at radius 2 is 1.48 bits per heavy atom. The fraction of sp³-hybridized carbons (Fsp3) is 0.0400. The van der Waals surface area contributed by atoms with E-state index in [4.69, 9.17) is 0 Å². The number of carbonyl (C=O) groups excluding carboxylic acids is 1. The van der Waals surface area contributed by atoms with Crippen LogP contribution in [0.2, 0.25) is 0 Å². The van der Waals surface area contributed by atoms with Gasteiger partial charge in [-0.05, 0) is 34.6 Å². The van der Waals surface area contributed by atoms with Gasteiger partial charge in [-0.25, -0.2) is 0 Å². The van der Waals surface area contributed by atoms with Crippen LogP contribution in [0.1, 0.15) is 32.6 Å². The van der Waals surface area contributed by atoms with Crippen molar-refractivity contribution >= 4 is 16.6 Å². The second-order valence-electron chi connectivity index (χ2n) is 6.84. The predicted molar refractivity (Wildman–Crippen MR) is 107 cm³/mol. The van der Waals surface area contributed by atoms with E-state index in [-0.39, 0.29) is 5.78 Å². The first kappa shape index (κ1) is 15.5. The van der Waals surface area contributed by atoms with Crippen molar-refractivity contribution in [3.8, 4) is 17.2 Å². The minimum atomic E-state index is 0.0309. The lowest BCUT2D eigenvalue weighted by Crippen LogP contribution is -2.11. The molecular formula is C25H15NO. The summed E-state index contributed by atoms with van der Waals surface area (Å²) in [4.78, 5) is 13.0. The van der Waals surface area contributed by atoms with Crippen molar-refractivity contribution in [2.24, 2.45) is 0 Å². The Labute approximate surface area is 157 Å². The van der Waals surface area contributed by atoms with Gasteiger partial charge in [0.05, 0.1) is 5.56 Å². The third kappa shape index (κ3) is 2.29. The number of ketones is 1. The zero-order valence-electron chi connectivity index (χ0n) is 14.6. The van der Waals surface area contributed by atoms with Crippen molar-refractivity contribution in [2.45, 2.75) is 6.42 Å². The fourth-order valence-electron chi connectivity index (χ4n) is 4.10. The van der Waals surface area contributed by atoms with Crippen LogP contribution in [0.5, 0.6) is 0 Å². The zero-order valence-corrected chi connectivity index (χ0v) is 14.6. The maximum Gasteiger partial charge on any atom is 0.194 e. The molecular weight excluding hydrogens is 330 g/mol. The second-order valence-corrected chi connectivity index (χ2v) is 6.84. The highest BCUT2D eigenvalue weighted by molar-refractivity contribution is 6.26. The summed E-state index contributed by atoms with van der Waals surface area (Å²) in [5.41, 5.74) is 5.93. The van der Waals surface area contributed by atoms with Crippen LogP contribution in [0.25, 0.3) is 21.9 Å². The highest BCUT2D eigenvalue weighted by atomic mass is 16.1. The lowest BCUT2D eigenvalue weighted by molar-refractivity contribution is 0.104. The van der Waals surface area contributed by atoms with E-state index in [9.17, 15) is 10.1 Å². The Bertz CT molecular complexity index is 1260. The summed E-state index contributed by atoms with van der Waals surface area (Å²) in [5, 5.41) is 11.9. The van der Waals surface area contributed by atoms with E-state index in [2.05, 4.69) is 24.3 Å². The Kier molecular flexibility index (Phi) is 3.42. The van der Waals surface area contributed by atoms with Crippen LogP contribution in [0.3, 0.4) is 0 Å². The maximum atomic E-state index is 13.0. The number of rotatable bonds is 2. The van der Waals surface area contributed by atoms with Gasteiger partial charge in [-0.3, -0.25) is 4.79 Å². The molecule has 126 valence electrons. The van der Waals surface area contributed by atoms with Crippen LogP contribution in [0.4, 0.5) is 0 Å². The number of benzene rings is 4. The van der Waals surface area contributed by atoms with E-state index < -0.39 is 0 Å². The number of nitriles is 1. The Morgan fingerprint density at radius 3 is 2.26 bits per heavy atom. The number of fused-ring (bicyclic) bond motifs is 2. The molecule has 4 aromatic rings. The third-order valence-corrected chi connectivity index (χ3v) is 5.28. The Morgan fingerprint density at radius 1 is 0.778 bits per heavy atom. The molecule has 5 rings (SSSR count). The number of hydrogen-bond donors (Lipinski definition) is 0. The molecule has 0 saturated carbocycles. The van der Waals surface area contributed by atoms with Gasteiger partial charge < -0.3 is 0 Å². The molecule has 0 N–H and O–H groups in total. The molecule has 0 aliphatic heterocycles. The van der Waals surface area contributed by atoms with Crippen molar-refractivity contribution in [3.05, 3.63) is 107 Å². The van der Waals surface area contributed by atoms with Gasteiger partial charge in [0.2, 0.25) is 0 Å². The normalized spacial score (nSPS) is 11.9. The summed E-state index contributed by atoms with van der Waals surface area (Å²) < 4.78 is 0. The largest absolute Gasteiger partial charge is 0.289 e. The van der Waals surface area contributed by atoms with E-state index in [1.54, 1.807) is 0 Å². The SMILES string of the molecule is N#Cc1c(Cc2ccccc2)cc2cccc3c2c1-c1ccccc1C3=O. The second kappa shape index (κ2) is 5.93.